The molecule has 1 amide bonds. The van der Waals surface area contributed by atoms with Gasteiger partial charge < -0.3 is 33.5 Å². The Balaban J connectivity index is 1.81. The summed E-state index contributed by atoms with van der Waals surface area (Å²) in [7, 11) is 6.84. The molecule has 0 saturated heterocycles. The number of Topliss-reactive ketones (excluding diaryl/α,β-unsaturated/α-hetero) is 1. The number of likely N-dealkylation sites (N-methyl/N-ethyl adjacent to an activating group) is 1. The first-order valence-electron chi connectivity index (χ1n) is 12.1. The number of benzene rings is 2. The van der Waals surface area contributed by atoms with Gasteiger partial charge >= 0.3 is 0 Å². The molecule has 0 fully saturated rings. The van der Waals surface area contributed by atoms with Gasteiger partial charge in [-0.2, -0.15) is 0 Å². The first kappa shape index (κ1) is 26.1. The summed E-state index contributed by atoms with van der Waals surface area (Å²) >= 11 is 0. The Hall–Kier alpha value is -3.98. The van der Waals surface area contributed by atoms with Crippen LogP contribution >= 0.6 is 0 Å². The van der Waals surface area contributed by atoms with Crippen LogP contribution in [0, 0.1) is 0 Å². The maximum absolute atomic E-state index is 13.8. The zero-order chi connectivity index (χ0) is 26.7. The van der Waals surface area contributed by atoms with Crippen molar-refractivity contribution in [2.24, 2.45) is 0 Å². The van der Waals surface area contributed by atoms with Gasteiger partial charge in [-0.15, -0.1) is 0 Å². The Morgan fingerprint density at radius 3 is 2.51 bits per heavy atom. The topological polar surface area (TPSA) is 102 Å². The van der Waals surface area contributed by atoms with Gasteiger partial charge in [-0.05, 0) is 50.3 Å². The van der Waals surface area contributed by atoms with Gasteiger partial charge in [-0.1, -0.05) is 25.1 Å². The molecule has 9 heteroatoms. The highest BCUT2D eigenvalue weighted by Crippen LogP contribution is 2.42. The van der Waals surface area contributed by atoms with E-state index in [4.69, 9.17) is 18.6 Å². The number of ether oxygens (including phenoxy) is 3. The van der Waals surface area contributed by atoms with Crippen molar-refractivity contribution in [1.82, 2.24) is 9.80 Å². The van der Waals surface area contributed by atoms with Crippen molar-refractivity contribution in [3.63, 3.8) is 0 Å². The van der Waals surface area contributed by atoms with Crippen LogP contribution in [-0.4, -0.2) is 74.6 Å². The third-order valence-corrected chi connectivity index (χ3v) is 6.25. The lowest BCUT2D eigenvalue weighted by atomic mass is 9.94. The van der Waals surface area contributed by atoms with Crippen molar-refractivity contribution < 1.29 is 33.3 Å². The van der Waals surface area contributed by atoms with Gasteiger partial charge in [-0.3, -0.25) is 9.59 Å². The molecule has 37 heavy (non-hydrogen) atoms. The standard InChI is InChI=1S/C28H32N2O7/c1-6-14-36-21-15-17(10-11-19(21)34-4)24-23(26(32)28(33)30(24)13-12-29(2)3)25(31)22-16-18-8-7-9-20(35-5)27(18)37-22/h7-11,15-16,24,32H,6,12-14H2,1-5H3. The summed E-state index contributed by atoms with van der Waals surface area (Å²) in [5, 5.41) is 11.6. The zero-order valence-corrected chi connectivity index (χ0v) is 21.7. The molecule has 0 saturated carbocycles. The number of nitrogens with zero attached hydrogens (tertiary/aromatic N) is 2. The van der Waals surface area contributed by atoms with Crippen molar-refractivity contribution >= 4 is 22.7 Å². The molecule has 1 unspecified atom stereocenters. The molecule has 196 valence electrons. The summed E-state index contributed by atoms with van der Waals surface area (Å²) < 4.78 is 22.5. The molecule has 1 N–H and O–H groups in total. The Labute approximate surface area is 215 Å². The summed E-state index contributed by atoms with van der Waals surface area (Å²) in [6.45, 7) is 3.30. The van der Waals surface area contributed by atoms with Crippen molar-refractivity contribution in [3.05, 3.63) is 65.1 Å². The fourth-order valence-electron chi connectivity index (χ4n) is 4.40. The number of ketones is 1. The van der Waals surface area contributed by atoms with Crippen molar-refractivity contribution in [2.75, 3.05) is 48.0 Å². The van der Waals surface area contributed by atoms with E-state index < -0.39 is 23.5 Å². The lowest BCUT2D eigenvalue weighted by Gasteiger charge is -2.28. The fourth-order valence-corrected chi connectivity index (χ4v) is 4.40. The summed E-state index contributed by atoms with van der Waals surface area (Å²) in [6.07, 6.45) is 0.796. The summed E-state index contributed by atoms with van der Waals surface area (Å²) in [5.41, 5.74) is 0.979. The number of aliphatic hydroxyl groups is 1. The smallest absolute Gasteiger partial charge is 0.290 e. The number of hydrogen-bond donors (Lipinski definition) is 1. The summed E-state index contributed by atoms with van der Waals surface area (Å²) in [5.74, 6) is -0.268. The highest BCUT2D eigenvalue weighted by Gasteiger charge is 2.44. The second-order valence-electron chi connectivity index (χ2n) is 9.04. The van der Waals surface area contributed by atoms with Crippen LogP contribution in [0.5, 0.6) is 17.2 Å². The lowest BCUT2D eigenvalue weighted by Crippen LogP contribution is -2.36. The minimum atomic E-state index is -0.843. The van der Waals surface area contributed by atoms with E-state index >= 15 is 0 Å². The predicted molar refractivity (Wildman–Crippen MR) is 139 cm³/mol. The molecular weight excluding hydrogens is 476 g/mol. The fraction of sp³-hybridized carbons (Fsp3) is 0.357. The maximum Gasteiger partial charge on any atom is 0.290 e. The maximum atomic E-state index is 13.8. The molecule has 0 aliphatic carbocycles. The number of aliphatic hydroxyl groups excluding tert-OH is 1. The van der Waals surface area contributed by atoms with Gasteiger partial charge in [0.1, 0.15) is 0 Å². The van der Waals surface area contributed by atoms with Crippen LogP contribution in [0.2, 0.25) is 0 Å². The van der Waals surface area contributed by atoms with Crippen molar-refractivity contribution in [2.45, 2.75) is 19.4 Å². The minimum Gasteiger partial charge on any atom is -0.503 e. The molecule has 1 atom stereocenters. The number of carbonyl (C=O) groups is 2. The second-order valence-corrected chi connectivity index (χ2v) is 9.04. The van der Waals surface area contributed by atoms with Gasteiger partial charge in [-0.25, -0.2) is 0 Å². The van der Waals surface area contributed by atoms with E-state index in [0.717, 1.165) is 6.42 Å². The molecule has 1 aromatic heterocycles. The average Bonchev–Trinajstić information content (AvgIpc) is 3.44. The Bertz CT molecular complexity index is 1340. The van der Waals surface area contributed by atoms with Crippen LogP contribution in [0.4, 0.5) is 0 Å². The quantitative estimate of drug-likeness (QED) is 0.381. The number of amides is 1. The first-order chi connectivity index (χ1) is 17.8. The third-order valence-electron chi connectivity index (χ3n) is 6.25. The monoisotopic (exact) mass is 508 g/mol. The van der Waals surface area contributed by atoms with Crippen LogP contribution in [0.25, 0.3) is 11.0 Å². The van der Waals surface area contributed by atoms with E-state index in [1.165, 1.54) is 12.0 Å². The van der Waals surface area contributed by atoms with E-state index in [9.17, 15) is 14.7 Å². The summed E-state index contributed by atoms with van der Waals surface area (Å²) in [4.78, 5) is 30.5. The number of methoxy groups -OCH3 is 2. The van der Waals surface area contributed by atoms with Gasteiger partial charge in [0.25, 0.3) is 5.91 Å². The van der Waals surface area contributed by atoms with Crippen molar-refractivity contribution in [3.8, 4) is 17.2 Å². The van der Waals surface area contributed by atoms with Gasteiger partial charge in [0, 0.05) is 18.5 Å². The minimum absolute atomic E-state index is 0.00396. The number of fused-ring (bicyclic) bond motifs is 1. The van der Waals surface area contributed by atoms with Gasteiger partial charge in [0.05, 0.1) is 32.4 Å². The number of rotatable bonds is 11. The van der Waals surface area contributed by atoms with Crippen LogP contribution in [0.1, 0.15) is 35.5 Å². The molecule has 1 aliphatic heterocycles. The van der Waals surface area contributed by atoms with Crippen LogP contribution in [0.3, 0.4) is 0 Å². The largest absolute Gasteiger partial charge is 0.503 e. The molecule has 1 aliphatic rings. The molecular formula is C28H32N2O7. The van der Waals surface area contributed by atoms with Gasteiger partial charge in [0.15, 0.2) is 34.4 Å². The molecule has 0 spiro atoms. The van der Waals surface area contributed by atoms with Crippen LogP contribution in [-0.2, 0) is 4.79 Å². The number of carbonyl (C=O) groups excluding carboxylic acids is 2. The van der Waals surface area contributed by atoms with Crippen LogP contribution < -0.4 is 14.2 Å². The Kier molecular flexibility index (Phi) is 7.73. The lowest BCUT2D eigenvalue weighted by molar-refractivity contribution is -0.129. The molecule has 9 nitrogen and oxygen atoms in total. The Morgan fingerprint density at radius 2 is 1.84 bits per heavy atom. The molecule has 0 radical (unpaired) electrons. The van der Waals surface area contributed by atoms with E-state index in [1.54, 1.807) is 49.6 Å². The normalized spacial score (nSPS) is 15.7. The molecule has 0 bridgehead atoms. The Morgan fingerprint density at radius 1 is 1.08 bits per heavy atom. The van der Waals surface area contributed by atoms with Crippen LogP contribution in [0.15, 0.2) is 58.2 Å². The number of hydrogen-bond acceptors (Lipinski definition) is 8. The SMILES string of the molecule is CCCOc1cc(C2C(C(=O)c3cc4cccc(OC)c4o3)=C(O)C(=O)N2CCN(C)C)ccc1OC. The van der Waals surface area contributed by atoms with Crippen molar-refractivity contribution in [1.29, 1.82) is 0 Å². The summed E-state index contributed by atoms with van der Waals surface area (Å²) in [6, 6.07) is 11.3. The molecule has 4 rings (SSSR count). The third kappa shape index (κ3) is 4.99. The number of para-hydroxylation sites is 1. The molecule has 3 aromatic rings. The average molecular weight is 509 g/mol. The zero-order valence-electron chi connectivity index (χ0n) is 21.7. The first-order valence-corrected chi connectivity index (χ1v) is 12.1. The van der Waals surface area contributed by atoms with E-state index in [2.05, 4.69) is 0 Å². The molecule has 2 aromatic carbocycles. The predicted octanol–water partition coefficient (Wildman–Crippen LogP) is 4.38. The highest BCUT2D eigenvalue weighted by atomic mass is 16.5. The molecule has 2 heterocycles. The number of furan rings is 1. The second kappa shape index (κ2) is 11.0. The van der Waals surface area contributed by atoms with E-state index in [1.807, 2.05) is 25.9 Å². The van der Waals surface area contributed by atoms with E-state index in [0.29, 0.717) is 53.5 Å². The van der Waals surface area contributed by atoms with E-state index in [-0.39, 0.29) is 11.3 Å². The van der Waals surface area contributed by atoms with Gasteiger partial charge in [0.2, 0.25) is 5.78 Å². The highest BCUT2D eigenvalue weighted by molar-refractivity contribution is 6.16.